The molecule has 1 aliphatic carbocycles. The standard InChI is InChI=1S/C23H21N3O2S2/c1-24-21(27)19(22(28)25(2)23(24)29)15-18-13-14-20(30-18)26(16-9-5-3-6-10-16)17-11-7-4-8-12-17/h3-7,9-11,13-15H,8,12H2,1-2H3. The van der Waals surface area contributed by atoms with Crippen molar-refractivity contribution in [1.29, 1.82) is 0 Å². The second kappa shape index (κ2) is 8.38. The lowest BCUT2D eigenvalue weighted by Crippen LogP contribution is -2.52. The van der Waals surface area contributed by atoms with E-state index >= 15 is 0 Å². The van der Waals surface area contributed by atoms with Crippen LogP contribution < -0.4 is 4.90 Å². The first-order chi connectivity index (χ1) is 14.5. The minimum Gasteiger partial charge on any atom is -0.306 e. The van der Waals surface area contributed by atoms with Gasteiger partial charge < -0.3 is 4.90 Å². The molecular formula is C23H21N3O2S2. The van der Waals surface area contributed by atoms with Gasteiger partial charge in [-0.1, -0.05) is 30.4 Å². The van der Waals surface area contributed by atoms with Crippen LogP contribution in [-0.2, 0) is 9.59 Å². The third kappa shape index (κ3) is 3.74. The molecule has 2 heterocycles. The number of allylic oxidation sites excluding steroid dienone is 4. The number of carbonyl (C=O) groups is 2. The summed E-state index contributed by atoms with van der Waals surface area (Å²) in [7, 11) is 3.17. The van der Waals surface area contributed by atoms with Crippen LogP contribution in [0.2, 0.25) is 0 Å². The molecule has 30 heavy (non-hydrogen) atoms. The molecule has 1 aromatic heterocycles. The van der Waals surface area contributed by atoms with E-state index in [2.05, 4.69) is 35.3 Å². The van der Waals surface area contributed by atoms with Crippen molar-refractivity contribution in [3.63, 3.8) is 0 Å². The highest BCUT2D eigenvalue weighted by molar-refractivity contribution is 7.80. The molecule has 0 atom stereocenters. The summed E-state index contributed by atoms with van der Waals surface area (Å²) in [4.78, 5) is 30.9. The zero-order valence-corrected chi connectivity index (χ0v) is 18.4. The number of rotatable bonds is 4. The Labute approximate surface area is 185 Å². The Kier molecular flexibility index (Phi) is 5.65. The van der Waals surface area contributed by atoms with E-state index in [1.807, 2.05) is 30.3 Å². The predicted octanol–water partition coefficient (Wildman–Crippen LogP) is 4.72. The quantitative estimate of drug-likeness (QED) is 0.396. The second-order valence-electron chi connectivity index (χ2n) is 7.04. The molecule has 7 heteroatoms. The maximum Gasteiger partial charge on any atom is 0.265 e. The van der Waals surface area contributed by atoms with Gasteiger partial charge in [-0.25, -0.2) is 0 Å². The molecular weight excluding hydrogens is 414 g/mol. The molecule has 4 rings (SSSR count). The lowest BCUT2D eigenvalue weighted by molar-refractivity contribution is -0.132. The molecule has 2 aromatic rings. The van der Waals surface area contributed by atoms with Gasteiger partial charge in [0.05, 0.1) is 0 Å². The van der Waals surface area contributed by atoms with E-state index < -0.39 is 0 Å². The maximum absolute atomic E-state index is 12.6. The van der Waals surface area contributed by atoms with Gasteiger partial charge in [-0.15, -0.1) is 11.3 Å². The van der Waals surface area contributed by atoms with Crippen molar-refractivity contribution in [1.82, 2.24) is 9.80 Å². The van der Waals surface area contributed by atoms with Gasteiger partial charge in [0, 0.05) is 30.4 Å². The average Bonchev–Trinajstić information content (AvgIpc) is 3.24. The number of para-hydroxylation sites is 1. The molecule has 1 fully saturated rings. The van der Waals surface area contributed by atoms with E-state index in [1.54, 1.807) is 31.5 Å². The molecule has 2 amide bonds. The van der Waals surface area contributed by atoms with Crippen molar-refractivity contribution < 1.29 is 9.59 Å². The zero-order chi connectivity index (χ0) is 21.3. The van der Waals surface area contributed by atoms with Crippen molar-refractivity contribution in [2.45, 2.75) is 12.8 Å². The molecule has 0 N–H and O–H groups in total. The number of benzene rings is 1. The number of thiocarbonyl (C=S) groups is 1. The Balaban J connectivity index is 1.71. The monoisotopic (exact) mass is 435 g/mol. The van der Waals surface area contributed by atoms with Gasteiger partial charge in [0.15, 0.2) is 5.11 Å². The third-order valence-electron chi connectivity index (χ3n) is 5.06. The summed E-state index contributed by atoms with van der Waals surface area (Å²) in [5.74, 6) is -0.754. The summed E-state index contributed by atoms with van der Waals surface area (Å²) in [6.45, 7) is 0. The van der Waals surface area contributed by atoms with Crippen LogP contribution in [0.1, 0.15) is 17.7 Å². The van der Waals surface area contributed by atoms with Crippen LogP contribution in [0.15, 0.2) is 72.0 Å². The fourth-order valence-electron chi connectivity index (χ4n) is 3.45. The highest BCUT2D eigenvalue weighted by Gasteiger charge is 2.35. The first-order valence-electron chi connectivity index (χ1n) is 9.60. The molecule has 1 aliphatic heterocycles. The van der Waals surface area contributed by atoms with Crippen molar-refractivity contribution >= 4 is 57.2 Å². The number of hydrogen-bond acceptors (Lipinski definition) is 5. The molecule has 2 aliphatic rings. The minimum atomic E-state index is -0.377. The SMILES string of the molecule is CN1C(=O)C(=Cc2ccc(N(C3=CC=CCC3)c3ccccc3)s2)C(=O)N(C)C1=S. The number of carbonyl (C=O) groups excluding carboxylic acids is 2. The van der Waals surface area contributed by atoms with E-state index in [0.717, 1.165) is 28.4 Å². The lowest BCUT2D eigenvalue weighted by atomic mass is 10.1. The van der Waals surface area contributed by atoms with E-state index in [9.17, 15) is 9.59 Å². The number of nitrogens with zero attached hydrogens (tertiary/aromatic N) is 3. The van der Waals surface area contributed by atoms with E-state index in [1.165, 1.54) is 15.5 Å². The molecule has 0 saturated carbocycles. The maximum atomic E-state index is 12.6. The minimum absolute atomic E-state index is 0.119. The van der Waals surface area contributed by atoms with Crippen molar-refractivity contribution in [3.05, 3.63) is 76.8 Å². The van der Waals surface area contributed by atoms with Gasteiger partial charge in [0.25, 0.3) is 11.8 Å². The molecule has 152 valence electrons. The number of anilines is 2. The Bertz CT molecular complexity index is 1070. The number of amides is 2. The topological polar surface area (TPSA) is 43.9 Å². The van der Waals surface area contributed by atoms with Crippen molar-refractivity contribution in [2.24, 2.45) is 0 Å². The average molecular weight is 436 g/mol. The molecule has 1 saturated heterocycles. The highest BCUT2D eigenvalue weighted by atomic mass is 32.1. The Morgan fingerprint density at radius 2 is 1.73 bits per heavy atom. The van der Waals surface area contributed by atoms with Gasteiger partial charge >= 0.3 is 0 Å². The van der Waals surface area contributed by atoms with Crippen molar-refractivity contribution in [3.8, 4) is 0 Å². The molecule has 0 unspecified atom stereocenters. The molecule has 1 aromatic carbocycles. The molecule has 0 spiro atoms. The first kappa shape index (κ1) is 20.3. The van der Waals surface area contributed by atoms with Crippen LogP contribution in [0.25, 0.3) is 6.08 Å². The van der Waals surface area contributed by atoms with Gasteiger partial charge in [0.1, 0.15) is 10.6 Å². The number of likely N-dealkylation sites (N-methyl/N-ethyl adjacent to an activating group) is 2. The largest absolute Gasteiger partial charge is 0.306 e. The molecule has 5 nitrogen and oxygen atoms in total. The Hall–Kier alpha value is -3.03. The van der Waals surface area contributed by atoms with E-state index in [4.69, 9.17) is 12.2 Å². The summed E-state index contributed by atoms with van der Waals surface area (Å²) in [6, 6.07) is 14.2. The van der Waals surface area contributed by atoms with E-state index in [0.29, 0.717) is 0 Å². The summed E-state index contributed by atoms with van der Waals surface area (Å²) in [5.41, 5.74) is 2.40. The molecule has 0 radical (unpaired) electrons. The van der Waals surface area contributed by atoms with Crippen LogP contribution in [0.5, 0.6) is 0 Å². The number of thiophene rings is 1. The van der Waals surface area contributed by atoms with Crippen LogP contribution in [0, 0.1) is 0 Å². The smallest absolute Gasteiger partial charge is 0.265 e. The molecule has 0 bridgehead atoms. The lowest BCUT2D eigenvalue weighted by Gasteiger charge is -2.31. The summed E-state index contributed by atoms with van der Waals surface area (Å²) in [5, 5.41) is 1.24. The van der Waals surface area contributed by atoms with Gasteiger partial charge in [-0.05, 0) is 61.5 Å². The fraction of sp³-hybridized carbons (Fsp3) is 0.174. The fourth-order valence-corrected chi connectivity index (χ4v) is 4.62. The van der Waals surface area contributed by atoms with Crippen LogP contribution in [-0.4, -0.2) is 40.8 Å². The van der Waals surface area contributed by atoms with Crippen LogP contribution >= 0.6 is 23.6 Å². The summed E-state index contributed by atoms with van der Waals surface area (Å²) < 4.78 is 0. The summed E-state index contributed by atoms with van der Waals surface area (Å²) in [6.07, 6.45) is 9.98. The highest BCUT2D eigenvalue weighted by Crippen LogP contribution is 2.38. The van der Waals surface area contributed by atoms with E-state index in [-0.39, 0.29) is 22.5 Å². The first-order valence-corrected chi connectivity index (χ1v) is 10.8. The van der Waals surface area contributed by atoms with Gasteiger partial charge in [-0.2, -0.15) is 0 Å². The van der Waals surface area contributed by atoms with Crippen molar-refractivity contribution in [2.75, 3.05) is 19.0 Å². The normalized spacial score (nSPS) is 16.8. The third-order valence-corrected chi connectivity index (χ3v) is 6.62. The van der Waals surface area contributed by atoms with Crippen LogP contribution in [0.4, 0.5) is 10.7 Å². The van der Waals surface area contributed by atoms with Gasteiger partial charge in [-0.3, -0.25) is 19.4 Å². The predicted molar refractivity (Wildman–Crippen MR) is 125 cm³/mol. The van der Waals surface area contributed by atoms with Crippen LogP contribution in [0.3, 0.4) is 0 Å². The number of hydrogen-bond donors (Lipinski definition) is 0. The second-order valence-corrected chi connectivity index (χ2v) is 8.50. The zero-order valence-electron chi connectivity index (χ0n) is 16.7. The van der Waals surface area contributed by atoms with Gasteiger partial charge in [0.2, 0.25) is 0 Å². The Morgan fingerprint density at radius 1 is 1.03 bits per heavy atom. The Morgan fingerprint density at radius 3 is 2.37 bits per heavy atom. The summed E-state index contributed by atoms with van der Waals surface area (Å²) >= 11 is 6.70.